The number of H-pyrrole nitrogens is 1. The Balaban J connectivity index is 2.10. The number of aromatic nitrogens is 2. The number of aromatic amines is 1. The van der Waals surface area contributed by atoms with Gasteiger partial charge in [-0.1, -0.05) is 57.3 Å². The van der Waals surface area contributed by atoms with Crippen LogP contribution >= 0.6 is 28.1 Å². The van der Waals surface area contributed by atoms with Gasteiger partial charge in [0.15, 0.2) is 0 Å². The zero-order valence-corrected chi connectivity index (χ0v) is 14.2. The van der Waals surface area contributed by atoms with Gasteiger partial charge in [0, 0.05) is 17.0 Å². The van der Waals surface area contributed by atoms with Gasteiger partial charge in [0.1, 0.15) is 10.5 Å². The minimum Gasteiger partial charge on any atom is -0.345 e. The zero-order valence-electron chi connectivity index (χ0n) is 11.8. The van der Waals surface area contributed by atoms with Crippen molar-refractivity contribution in [2.24, 2.45) is 0 Å². The van der Waals surface area contributed by atoms with Crippen LogP contribution in [0, 0.1) is 4.64 Å². The average Bonchev–Trinajstić information content (AvgIpc) is 2.33. The van der Waals surface area contributed by atoms with Gasteiger partial charge in [-0.15, -0.1) is 0 Å². The van der Waals surface area contributed by atoms with Crippen LogP contribution in [0.3, 0.4) is 0 Å². The van der Waals surface area contributed by atoms with Gasteiger partial charge in [-0.3, -0.25) is 0 Å². The van der Waals surface area contributed by atoms with Crippen LogP contribution in [0.5, 0.6) is 0 Å². The van der Waals surface area contributed by atoms with Crippen LogP contribution in [0.15, 0.2) is 28.7 Å². The molecule has 2 aromatic rings. The molecule has 3 rings (SSSR count). The zero-order chi connectivity index (χ0) is 14.5. The predicted molar refractivity (Wildman–Crippen MR) is 87.8 cm³/mol. The minimum atomic E-state index is 0.00729. The Morgan fingerprint density at radius 3 is 2.65 bits per heavy atom. The molecule has 1 N–H and O–H groups in total. The van der Waals surface area contributed by atoms with Crippen LogP contribution in [0.25, 0.3) is 0 Å². The summed E-state index contributed by atoms with van der Waals surface area (Å²) in [6.07, 6.45) is 1.04. The predicted octanol–water partition coefficient (Wildman–Crippen LogP) is 4.89. The lowest BCUT2D eigenvalue weighted by Gasteiger charge is -2.31. The molecule has 0 radical (unpaired) electrons. The highest BCUT2D eigenvalue weighted by Gasteiger charge is 2.30. The van der Waals surface area contributed by atoms with Crippen LogP contribution in [0.1, 0.15) is 49.3 Å². The number of hydrogen-bond acceptors (Lipinski definition) is 2. The molecule has 0 spiro atoms. The van der Waals surface area contributed by atoms with Crippen molar-refractivity contribution >= 4 is 28.1 Å². The molecule has 0 amide bonds. The normalized spacial score (nSPS) is 17.5. The van der Waals surface area contributed by atoms with Crippen molar-refractivity contribution in [2.75, 3.05) is 0 Å². The Morgan fingerprint density at radius 1 is 1.30 bits per heavy atom. The monoisotopic (exact) mass is 348 g/mol. The molecule has 0 saturated carbocycles. The van der Waals surface area contributed by atoms with E-state index in [0.29, 0.717) is 10.6 Å². The minimum absolute atomic E-state index is 0.00729. The molecule has 1 atom stereocenters. The summed E-state index contributed by atoms with van der Waals surface area (Å²) in [6, 6.07) is 8.54. The second-order valence-electron chi connectivity index (χ2n) is 6.32. The highest BCUT2D eigenvalue weighted by molar-refractivity contribution is 9.10. The van der Waals surface area contributed by atoms with E-state index in [2.05, 4.69) is 70.9 Å². The van der Waals surface area contributed by atoms with Crippen molar-refractivity contribution < 1.29 is 0 Å². The number of halogens is 1. The smallest absolute Gasteiger partial charge is 0.144 e. The van der Waals surface area contributed by atoms with Crippen LogP contribution in [-0.4, -0.2) is 9.97 Å². The van der Waals surface area contributed by atoms with Gasteiger partial charge in [-0.2, -0.15) is 0 Å². The Morgan fingerprint density at radius 2 is 2.00 bits per heavy atom. The summed E-state index contributed by atoms with van der Waals surface area (Å²) >= 11 is 8.98. The number of hydrogen-bond donors (Lipinski definition) is 1. The lowest BCUT2D eigenvalue weighted by atomic mass is 9.77. The van der Waals surface area contributed by atoms with Crippen LogP contribution in [-0.2, 0) is 11.8 Å². The van der Waals surface area contributed by atoms with Crippen LogP contribution < -0.4 is 0 Å². The fraction of sp³-hybridized carbons (Fsp3) is 0.375. The molecule has 104 valence electrons. The largest absolute Gasteiger partial charge is 0.345 e. The summed E-state index contributed by atoms with van der Waals surface area (Å²) in [5.41, 5.74) is 3.91. The van der Waals surface area contributed by atoms with E-state index in [1.54, 1.807) is 0 Å². The molecule has 2 nitrogen and oxygen atoms in total. The van der Waals surface area contributed by atoms with E-state index in [4.69, 9.17) is 12.2 Å². The molecular weight excluding hydrogens is 332 g/mol. The number of nitrogens with one attached hydrogen (secondary N) is 1. The molecule has 0 aliphatic heterocycles. The van der Waals surface area contributed by atoms with E-state index in [9.17, 15) is 0 Å². The van der Waals surface area contributed by atoms with Gasteiger partial charge in [-0.25, -0.2) is 4.98 Å². The van der Waals surface area contributed by atoms with E-state index < -0.39 is 0 Å². The van der Waals surface area contributed by atoms with Crippen LogP contribution in [0.2, 0.25) is 0 Å². The van der Waals surface area contributed by atoms with Crippen molar-refractivity contribution in [1.82, 2.24) is 9.97 Å². The first-order valence-corrected chi connectivity index (χ1v) is 7.96. The van der Waals surface area contributed by atoms with Gasteiger partial charge in [0.2, 0.25) is 0 Å². The number of rotatable bonds is 1. The van der Waals surface area contributed by atoms with Gasteiger partial charge < -0.3 is 4.98 Å². The molecule has 0 fully saturated rings. The Bertz CT molecular complexity index is 728. The summed E-state index contributed by atoms with van der Waals surface area (Å²) in [5, 5.41) is 0. The molecule has 1 unspecified atom stereocenters. The summed E-state index contributed by atoms with van der Waals surface area (Å²) in [5.74, 6) is 1.34. The van der Waals surface area contributed by atoms with E-state index in [1.165, 1.54) is 11.1 Å². The van der Waals surface area contributed by atoms with E-state index in [1.807, 2.05) is 0 Å². The summed E-state index contributed by atoms with van der Waals surface area (Å²) in [4.78, 5) is 8.09. The molecule has 1 aliphatic rings. The van der Waals surface area contributed by atoms with Gasteiger partial charge >= 0.3 is 0 Å². The molecule has 1 aliphatic carbocycles. The van der Waals surface area contributed by atoms with Gasteiger partial charge in [0.25, 0.3) is 0 Å². The van der Waals surface area contributed by atoms with Crippen LogP contribution in [0.4, 0.5) is 0 Å². The second-order valence-corrected chi connectivity index (χ2v) is 7.50. The number of fused-ring (bicyclic) bond motifs is 1. The molecule has 1 heterocycles. The molecule has 4 heteroatoms. The summed E-state index contributed by atoms with van der Waals surface area (Å²) in [6.45, 7) is 6.53. The molecule has 0 saturated heterocycles. The third-order valence-corrected chi connectivity index (χ3v) is 5.15. The van der Waals surface area contributed by atoms with E-state index in [0.717, 1.165) is 22.4 Å². The van der Waals surface area contributed by atoms with E-state index in [-0.39, 0.29) is 5.41 Å². The molecule has 0 bridgehead atoms. The van der Waals surface area contributed by atoms with Crippen molar-refractivity contribution in [3.05, 3.63) is 56.0 Å². The highest BCUT2D eigenvalue weighted by atomic mass is 79.9. The third kappa shape index (κ3) is 2.25. The first-order valence-electron chi connectivity index (χ1n) is 6.76. The second kappa shape index (κ2) is 4.78. The SMILES string of the molecule is CC(C)(C)c1[nH]c(C2Cc3ccccc32)nc(=S)c1Br. The van der Waals surface area contributed by atoms with Gasteiger partial charge in [-0.05, 0) is 33.5 Å². The molecule has 20 heavy (non-hydrogen) atoms. The van der Waals surface area contributed by atoms with Crippen molar-refractivity contribution in [2.45, 2.75) is 38.5 Å². The fourth-order valence-corrected chi connectivity index (χ4v) is 3.64. The Labute approximate surface area is 132 Å². The standard InChI is InChI=1S/C16H17BrN2S/c1-16(2,3)13-12(17)15(20)19-14(18-13)11-8-9-6-4-5-7-10(9)11/h4-7,11H,8H2,1-3H3,(H,18,19,20). The highest BCUT2D eigenvalue weighted by Crippen LogP contribution is 2.39. The van der Waals surface area contributed by atoms with Crippen molar-refractivity contribution in [1.29, 1.82) is 0 Å². The average molecular weight is 349 g/mol. The first-order chi connectivity index (χ1) is 9.38. The molecule has 1 aromatic heterocycles. The number of nitrogens with zero attached hydrogens (tertiary/aromatic N) is 1. The van der Waals surface area contributed by atoms with Crippen molar-refractivity contribution in [3.63, 3.8) is 0 Å². The lowest BCUT2D eigenvalue weighted by molar-refractivity contribution is 0.547. The quantitative estimate of drug-likeness (QED) is 0.743. The lowest BCUT2D eigenvalue weighted by Crippen LogP contribution is -2.23. The van der Waals surface area contributed by atoms with Crippen molar-refractivity contribution in [3.8, 4) is 0 Å². The van der Waals surface area contributed by atoms with E-state index >= 15 is 0 Å². The molecule has 1 aromatic carbocycles. The summed E-state index contributed by atoms with van der Waals surface area (Å²) < 4.78 is 1.56. The summed E-state index contributed by atoms with van der Waals surface area (Å²) in [7, 11) is 0. The Hall–Kier alpha value is -1.00. The first kappa shape index (κ1) is 14.0. The topological polar surface area (TPSA) is 28.7 Å². The fourth-order valence-electron chi connectivity index (χ4n) is 2.66. The maximum atomic E-state index is 5.41. The Kier molecular flexibility index (Phi) is 3.33. The maximum absolute atomic E-state index is 5.41. The maximum Gasteiger partial charge on any atom is 0.144 e. The molecular formula is C16H17BrN2S. The van der Waals surface area contributed by atoms with Gasteiger partial charge in [0.05, 0.1) is 4.47 Å². The number of benzene rings is 1. The third-order valence-electron chi connectivity index (χ3n) is 3.82.